The van der Waals surface area contributed by atoms with E-state index in [0.717, 1.165) is 27.6 Å². The fraction of sp³-hybridized carbons (Fsp3) is 0.214. The molecule has 4 amide bonds. The third kappa shape index (κ3) is 7.85. The number of imide groups is 1. The van der Waals surface area contributed by atoms with Crippen LogP contribution in [0.3, 0.4) is 0 Å². The van der Waals surface area contributed by atoms with E-state index in [-0.39, 0.29) is 35.9 Å². The molecule has 0 fully saturated rings. The Morgan fingerprint density at radius 1 is 0.836 bits per heavy atom. The predicted molar refractivity (Wildman–Crippen MR) is 210 cm³/mol. The molecule has 2 aliphatic rings. The Bertz CT molecular complexity index is 2500. The van der Waals surface area contributed by atoms with Gasteiger partial charge in [-0.1, -0.05) is 37.6 Å². The average molecular weight is 762 g/mol. The van der Waals surface area contributed by atoms with Crippen molar-refractivity contribution in [1.82, 2.24) is 14.9 Å². The largest absolute Gasteiger partial charge is 0.426 e. The molecular weight excluding hydrogens is 725 g/mol. The molecule has 0 saturated carbocycles. The van der Waals surface area contributed by atoms with Gasteiger partial charge in [-0.25, -0.2) is 4.39 Å². The molecule has 280 valence electrons. The maximum absolute atomic E-state index is 14.0. The summed E-state index contributed by atoms with van der Waals surface area (Å²) in [6.07, 6.45) is 5.07. The fourth-order valence-electron chi connectivity index (χ4n) is 6.97. The van der Waals surface area contributed by atoms with Gasteiger partial charge in [0.25, 0.3) is 23.6 Å². The van der Waals surface area contributed by atoms with Crippen LogP contribution in [0.15, 0.2) is 91.0 Å². The van der Waals surface area contributed by atoms with Crippen molar-refractivity contribution in [2.45, 2.75) is 39.0 Å². The Hall–Kier alpha value is -6.27. The summed E-state index contributed by atoms with van der Waals surface area (Å²) in [6.45, 7) is 2.64. The van der Waals surface area contributed by atoms with Crippen molar-refractivity contribution in [3.05, 3.63) is 114 Å². The highest BCUT2D eigenvalue weighted by atomic mass is 35.5. The summed E-state index contributed by atoms with van der Waals surface area (Å²) >= 11 is 5.00. The molecule has 0 unspecified atom stereocenters. The number of esters is 1. The topological polar surface area (TPSA) is 145 Å². The van der Waals surface area contributed by atoms with Crippen LogP contribution in [0.1, 0.15) is 59.1 Å². The number of hydrogen-bond donors (Lipinski definition) is 3. The molecule has 6 aromatic rings. The van der Waals surface area contributed by atoms with Crippen LogP contribution in [-0.4, -0.2) is 63.4 Å². The summed E-state index contributed by atoms with van der Waals surface area (Å²) in [5.74, 6) is -0.965. The summed E-state index contributed by atoms with van der Waals surface area (Å²) in [6, 6.07) is 22.3. The van der Waals surface area contributed by atoms with Gasteiger partial charge in [-0.2, -0.15) is 0 Å². The molecule has 0 bridgehead atoms. The summed E-state index contributed by atoms with van der Waals surface area (Å²) in [7, 11) is 0. The number of amides is 4. The molecular formula is C42H37ClFN5O6. The van der Waals surface area contributed by atoms with Crippen LogP contribution in [0.5, 0.6) is 5.75 Å². The molecule has 3 N–H and O–H groups in total. The van der Waals surface area contributed by atoms with E-state index >= 15 is 0 Å². The summed E-state index contributed by atoms with van der Waals surface area (Å²) < 4.78 is 19.5. The van der Waals surface area contributed by atoms with E-state index in [1.807, 2.05) is 31.2 Å². The summed E-state index contributed by atoms with van der Waals surface area (Å²) in [5, 5.41) is 5.86. The zero-order valence-corrected chi connectivity index (χ0v) is 30.7. The Morgan fingerprint density at radius 2 is 1.51 bits per heavy atom. The van der Waals surface area contributed by atoms with E-state index in [0.29, 0.717) is 83.7 Å². The van der Waals surface area contributed by atoms with Crippen LogP contribution in [0, 0.1) is 5.82 Å². The van der Waals surface area contributed by atoms with Crippen molar-refractivity contribution >= 4 is 85.2 Å². The number of carbonyl (C=O) groups excluding carboxylic acids is 5. The van der Waals surface area contributed by atoms with Gasteiger partial charge in [0, 0.05) is 76.5 Å². The first-order valence-corrected chi connectivity index (χ1v) is 18.6. The number of hydrogen-bond acceptors (Lipinski definition) is 6. The second kappa shape index (κ2) is 16.0. The van der Waals surface area contributed by atoms with Gasteiger partial charge in [0.1, 0.15) is 23.0 Å². The number of ether oxygens (including phenoxy) is 1. The van der Waals surface area contributed by atoms with E-state index < -0.39 is 5.97 Å². The van der Waals surface area contributed by atoms with Gasteiger partial charge >= 0.3 is 5.97 Å². The summed E-state index contributed by atoms with van der Waals surface area (Å²) in [5.41, 5.74) is 4.21. The molecule has 8 rings (SSSR count). The first kappa shape index (κ1) is 37.1. The molecule has 4 aromatic carbocycles. The van der Waals surface area contributed by atoms with Crippen molar-refractivity contribution < 1.29 is 33.1 Å². The lowest BCUT2D eigenvalue weighted by molar-refractivity contribution is -0.137. The minimum Gasteiger partial charge on any atom is -0.426 e. The quantitative estimate of drug-likeness (QED) is 0.0424. The van der Waals surface area contributed by atoms with E-state index in [9.17, 15) is 28.4 Å². The molecule has 2 aliphatic heterocycles. The number of aromatic amines is 2. The zero-order valence-electron chi connectivity index (χ0n) is 29.9. The number of nitrogens with one attached hydrogen (secondary N) is 3. The number of benzene rings is 4. The van der Waals surface area contributed by atoms with Crippen LogP contribution in [-0.2, 0) is 20.8 Å². The minimum atomic E-state index is -0.409. The number of anilines is 2. The average Bonchev–Trinajstić information content (AvgIpc) is 3.97. The molecule has 0 atom stereocenters. The Kier molecular flexibility index (Phi) is 10.8. The second-order valence-corrected chi connectivity index (χ2v) is 13.7. The summed E-state index contributed by atoms with van der Waals surface area (Å²) in [4.78, 5) is 72.5. The molecule has 13 heteroatoms. The lowest BCUT2D eigenvalue weighted by Gasteiger charge is -2.19. The van der Waals surface area contributed by atoms with E-state index in [4.69, 9.17) is 16.3 Å². The van der Waals surface area contributed by atoms with Crippen molar-refractivity contribution in [2.24, 2.45) is 0 Å². The van der Waals surface area contributed by atoms with Gasteiger partial charge in [-0.05, 0) is 78.7 Å². The van der Waals surface area contributed by atoms with Crippen LogP contribution >= 0.6 is 11.6 Å². The van der Waals surface area contributed by atoms with Gasteiger partial charge in [-0.3, -0.25) is 28.9 Å². The monoisotopic (exact) mass is 761 g/mol. The molecule has 4 heterocycles. The van der Waals surface area contributed by atoms with Crippen LogP contribution < -0.4 is 15.0 Å². The lowest BCUT2D eigenvalue weighted by Crippen LogP contribution is -2.30. The maximum atomic E-state index is 14.0. The SMILES string of the molecule is CCCl.O=C(CCCCCN1C(=O)C=CC1=O)Oc1cc2c(c3ccccc13)CCN2C(=O)c1cc2cc(NC(=O)c3cc4cc(F)ccc4[nH]3)ccc2[nH]1. The number of alkyl halides is 1. The van der Waals surface area contributed by atoms with Crippen LogP contribution in [0.2, 0.25) is 0 Å². The molecule has 0 radical (unpaired) electrons. The van der Waals surface area contributed by atoms with Crippen molar-refractivity contribution in [2.75, 3.05) is 29.2 Å². The van der Waals surface area contributed by atoms with Crippen LogP contribution in [0.4, 0.5) is 15.8 Å². The first-order chi connectivity index (χ1) is 26.6. The van der Waals surface area contributed by atoms with Crippen LogP contribution in [0.25, 0.3) is 32.6 Å². The number of rotatable bonds is 10. The molecule has 0 saturated heterocycles. The smallest absolute Gasteiger partial charge is 0.311 e. The maximum Gasteiger partial charge on any atom is 0.311 e. The molecule has 0 aliphatic carbocycles. The van der Waals surface area contributed by atoms with Gasteiger partial charge in [0.15, 0.2) is 0 Å². The number of aromatic nitrogens is 2. The van der Waals surface area contributed by atoms with Crippen molar-refractivity contribution in [1.29, 1.82) is 0 Å². The first-order valence-electron chi connectivity index (χ1n) is 18.0. The molecule has 2 aromatic heterocycles. The number of H-pyrrole nitrogens is 2. The number of fused-ring (bicyclic) bond motifs is 5. The number of halogens is 2. The minimum absolute atomic E-state index is 0.160. The zero-order chi connectivity index (χ0) is 38.6. The Balaban J connectivity index is 0.00000150. The third-order valence-electron chi connectivity index (χ3n) is 9.54. The Labute approximate surface area is 320 Å². The normalized spacial score (nSPS) is 13.4. The highest BCUT2D eigenvalue weighted by Gasteiger charge is 2.30. The number of nitrogens with zero attached hydrogens (tertiary/aromatic N) is 2. The lowest BCUT2D eigenvalue weighted by atomic mass is 10.0. The predicted octanol–water partition coefficient (Wildman–Crippen LogP) is 8.03. The highest BCUT2D eigenvalue weighted by Crippen LogP contribution is 2.41. The van der Waals surface area contributed by atoms with Gasteiger partial charge in [0.05, 0.1) is 5.69 Å². The van der Waals surface area contributed by atoms with Gasteiger partial charge in [0.2, 0.25) is 0 Å². The standard InChI is InChI=1S/C40H32FN5O6.C2H5Cl/c41-25-9-11-30-23(18-25)20-32(43-30)39(50)42-26-10-12-31-24(19-26)21-33(44-31)40(51)45-17-15-28-27-6-3-4-7-29(27)35(22-34(28)45)52-38(49)8-2-1-5-16-46-36(47)13-14-37(46)48;1-2-3/h3-4,6-7,9-14,18-22,43-44H,1-2,5,8,15-17H2,(H,42,50);2H2,1H3. The van der Waals surface area contributed by atoms with Gasteiger partial charge < -0.3 is 24.9 Å². The number of carbonyl (C=O) groups is 5. The Morgan fingerprint density at radius 3 is 2.27 bits per heavy atom. The van der Waals surface area contributed by atoms with Crippen molar-refractivity contribution in [3.63, 3.8) is 0 Å². The van der Waals surface area contributed by atoms with Gasteiger partial charge in [-0.15, -0.1) is 11.6 Å². The third-order valence-corrected chi connectivity index (χ3v) is 9.54. The number of unbranched alkanes of at least 4 members (excludes halogenated alkanes) is 2. The van der Waals surface area contributed by atoms with E-state index in [2.05, 4.69) is 15.3 Å². The second-order valence-electron chi connectivity index (χ2n) is 13.2. The highest BCUT2D eigenvalue weighted by molar-refractivity contribution is 6.17. The molecule has 0 spiro atoms. The van der Waals surface area contributed by atoms with E-state index in [1.165, 1.54) is 29.2 Å². The fourth-order valence-corrected chi connectivity index (χ4v) is 6.97. The van der Waals surface area contributed by atoms with E-state index in [1.54, 1.807) is 47.4 Å². The molecule has 55 heavy (non-hydrogen) atoms. The molecule has 11 nitrogen and oxygen atoms in total. The van der Waals surface area contributed by atoms with Crippen molar-refractivity contribution in [3.8, 4) is 5.75 Å².